The first-order valence-electron chi connectivity index (χ1n) is 7.05. The van der Waals surface area contributed by atoms with Crippen molar-refractivity contribution in [3.63, 3.8) is 0 Å². The molecule has 0 unspecified atom stereocenters. The van der Waals surface area contributed by atoms with Gasteiger partial charge in [-0.25, -0.2) is 8.42 Å². The second-order valence-corrected chi connectivity index (χ2v) is 6.93. The molecule has 0 atom stereocenters. The summed E-state index contributed by atoms with van der Waals surface area (Å²) in [6.45, 7) is 4.61. The van der Waals surface area contributed by atoms with Crippen molar-refractivity contribution < 1.29 is 8.42 Å². The highest BCUT2D eigenvalue weighted by atomic mass is 32.2. The molecule has 4 nitrogen and oxygen atoms in total. The Balaban J connectivity index is 1.89. The summed E-state index contributed by atoms with van der Waals surface area (Å²) in [5, 5.41) is 0. The first-order valence-corrected chi connectivity index (χ1v) is 8.70. The van der Waals surface area contributed by atoms with E-state index in [9.17, 15) is 8.42 Å². The molecule has 1 fully saturated rings. The Morgan fingerprint density at radius 1 is 1.20 bits per heavy atom. The summed E-state index contributed by atoms with van der Waals surface area (Å²) >= 11 is 0. The van der Waals surface area contributed by atoms with E-state index in [1.165, 1.54) is 12.8 Å². The van der Waals surface area contributed by atoms with Crippen molar-refractivity contribution in [2.24, 2.45) is 0 Å². The zero-order chi connectivity index (χ0) is 14.4. The maximum atomic E-state index is 12.0. The van der Waals surface area contributed by atoms with Crippen LogP contribution in [-0.2, 0) is 10.0 Å². The van der Waals surface area contributed by atoms with Crippen LogP contribution in [0, 0.1) is 0 Å². The van der Waals surface area contributed by atoms with Gasteiger partial charge in [0.15, 0.2) is 0 Å². The normalized spacial score (nSPS) is 16.9. The number of anilines is 1. The van der Waals surface area contributed by atoms with Gasteiger partial charge in [-0.15, -0.1) is 0 Å². The SMILES string of the molecule is CC=Cc1ccc(NS(=O)(=O)CCN2CCCC2)cc1. The van der Waals surface area contributed by atoms with Gasteiger partial charge >= 0.3 is 0 Å². The fourth-order valence-electron chi connectivity index (χ4n) is 2.34. The molecule has 1 aliphatic rings. The van der Waals surface area contributed by atoms with Gasteiger partial charge in [0.25, 0.3) is 0 Å². The molecule has 1 N–H and O–H groups in total. The Morgan fingerprint density at radius 3 is 2.45 bits per heavy atom. The van der Waals surface area contributed by atoms with Crippen molar-refractivity contribution in [1.82, 2.24) is 4.90 Å². The van der Waals surface area contributed by atoms with Crippen molar-refractivity contribution in [3.8, 4) is 0 Å². The predicted molar refractivity (Wildman–Crippen MR) is 84.2 cm³/mol. The summed E-state index contributed by atoms with van der Waals surface area (Å²) in [5.74, 6) is 0.156. The molecule has 0 amide bonds. The molecule has 0 radical (unpaired) electrons. The molecular formula is C15H22N2O2S. The fourth-order valence-corrected chi connectivity index (χ4v) is 3.44. The van der Waals surface area contributed by atoms with Crippen LogP contribution in [0.25, 0.3) is 6.08 Å². The first-order chi connectivity index (χ1) is 9.59. The van der Waals surface area contributed by atoms with Crippen molar-refractivity contribution in [1.29, 1.82) is 0 Å². The van der Waals surface area contributed by atoms with E-state index in [0.717, 1.165) is 18.7 Å². The van der Waals surface area contributed by atoms with Gasteiger partial charge in [0.1, 0.15) is 0 Å². The lowest BCUT2D eigenvalue weighted by atomic mass is 10.2. The lowest BCUT2D eigenvalue weighted by Gasteiger charge is -2.15. The fraction of sp³-hybridized carbons (Fsp3) is 0.467. The summed E-state index contributed by atoms with van der Waals surface area (Å²) in [7, 11) is -3.26. The molecule has 0 aromatic heterocycles. The van der Waals surface area contributed by atoms with Crippen LogP contribution < -0.4 is 4.72 Å². The second kappa shape index (κ2) is 6.90. The van der Waals surface area contributed by atoms with Gasteiger partial charge in [0, 0.05) is 12.2 Å². The predicted octanol–water partition coefficient (Wildman–Crippen LogP) is 2.56. The third-order valence-electron chi connectivity index (χ3n) is 3.42. The van der Waals surface area contributed by atoms with Gasteiger partial charge in [-0.1, -0.05) is 24.3 Å². The smallest absolute Gasteiger partial charge is 0.233 e. The minimum absolute atomic E-state index is 0.156. The Hall–Kier alpha value is -1.33. The summed E-state index contributed by atoms with van der Waals surface area (Å²) < 4.78 is 26.7. The molecule has 2 rings (SSSR count). The highest BCUT2D eigenvalue weighted by Gasteiger charge is 2.16. The lowest BCUT2D eigenvalue weighted by molar-refractivity contribution is 0.359. The number of hydrogen-bond donors (Lipinski definition) is 1. The van der Waals surface area contributed by atoms with E-state index < -0.39 is 10.0 Å². The van der Waals surface area contributed by atoms with Crippen LogP contribution >= 0.6 is 0 Å². The zero-order valence-electron chi connectivity index (χ0n) is 11.9. The molecule has 1 heterocycles. The molecule has 110 valence electrons. The topological polar surface area (TPSA) is 49.4 Å². The van der Waals surface area contributed by atoms with Crippen LogP contribution in [0.1, 0.15) is 25.3 Å². The third kappa shape index (κ3) is 4.65. The van der Waals surface area contributed by atoms with Crippen LogP contribution in [0.2, 0.25) is 0 Å². The van der Waals surface area contributed by atoms with Crippen LogP contribution in [0.4, 0.5) is 5.69 Å². The molecule has 1 saturated heterocycles. The van der Waals surface area contributed by atoms with E-state index in [2.05, 4.69) is 9.62 Å². The average molecular weight is 294 g/mol. The molecule has 5 heteroatoms. The van der Waals surface area contributed by atoms with E-state index in [-0.39, 0.29) is 5.75 Å². The number of benzene rings is 1. The molecular weight excluding hydrogens is 272 g/mol. The van der Waals surface area contributed by atoms with Crippen LogP contribution in [-0.4, -0.2) is 38.7 Å². The number of rotatable bonds is 6. The lowest BCUT2D eigenvalue weighted by Crippen LogP contribution is -2.29. The van der Waals surface area contributed by atoms with Crippen LogP contribution in [0.3, 0.4) is 0 Å². The van der Waals surface area contributed by atoms with E-state index in [1.54, 1.807) is 12.1 Å². The quantitative estimate of drug-likeness (QED) is 0.877. The van der Waals surface area contributed by atoms with E-state index in [1.807, 2.05) is 31.2 Å². The van der Waals surface area contributed by atoms with Crippen molar-refractivity contribution >= 4 is 21.8 Å². The van der Waals surface area contributed by atoms with E-state index in [4.69, 9.17) is 0 Å². The number of hydrogen-bond acceptors (Lipinski definition) is 3. The standard InChI is InChI=1S/C15H22N2O2S/c1-2-5-14-6-8-15(9-7-14)16-20(18,19)13-12-17-10-3-4-11-17/h2,5-9,16H,3-4,10-13H2,1H3. The van der Waals surface area contributed by atoms with Crippen molar-refractivity contribution in [2.75, 3.05) is 30.1 Å². The number of sulfonamides is 1. The van der Waals surface area contributed by atoms with Gasteiger partial charge in [-0.05, 0) is 50.6 Å². The molecule has 0 bridgehead atoms. The minimum Gasteiger partial charge on any atom is -0.302 e. The Morgan fingerprint density at radius 2 is 1.85 bits per heavy atom. The van der Waals surface area contributed by atoms with E-state index in [0.29, 0.717) is 12.2 Å². The molecule has 0 aliphatic carbocycles. The monoisotopic (exact) mass is 294 g/mol. The zero-order valence-corrected chi connectivity index (χ0v) is 12.7. The van der Waals surface area contributed by atoms with Gasteiger partial charge < -0.3 is 4.90 Å². The molecule has 1 aromatic rings. The number of likely N-dealkylation sites (tertiary alicyclic amines) is 1. The van der Waals surface area contributed by atoms with Gasteiger partial charge in [0.05, 0.1) is 5.75 Å². The highest BCUT2D eigenvalue weighted by Crippen LogP contribution is 2.13. The minimum atomic E-state index is -3.26. The van der Waals surface area contributed by atoms with Crippen LogP contribution in [0.15, 0.2) is 30.3 Å². The summed E-state index contributed by atoms with van der Waals surface area (Å²) in [6.07, 6.45) is 6.29. The number of allylic oxidation sites excluding steroid dienone is 1. The number of nitrogens with zero attached hydrogens (tertiary/aromatic N) is 1. The van der Waals surface area contributed by atoms with Crippen LogP contribution in [0.5, 0.6) is 0 Å². The van der Waals surface area contributed by atoms with Gasteiger partial charge in [0.2, 0.25) is 10.0 Å². The summed E-state index contributed by atoms with van der Waals surface area (Å²) in [5.41, 5.74) is 1.69. The number of nitrogens with one attached hydrogen (secondary N) is 1. The Kier molecular flexibility index (Phi) is 5.20. The maximum absolute atomic E-state index is 12.0. The van der Waals surface area contributed by atoms with Gasteiger partial charge in [-0.3, -0.25) is 4.72 Å². The maximum Gasteiger partial charge on any atom is 0.233 e. The summed E-state index contributed by atoms with van der Waals surface area (Å²) in [4.78, 5) is 2.20. The molecule has 0 saturated carbocycles. The van der Waals surface area contributed by atoms with Crippen molar-refractivity contribution in [2.45, 2.75) is 19.8 Å². The molecule has 1 aliphatic heterocycles. The second-order valence-electron chi connectivity index (χ2n) is 5.09. The molecule has 0 spiro atoms. The Labute approximate surface area is 121 Å². The third-order valence-corrected chi connectivity index (χ3v) is 4.68. The Bertz CT molecular complexity index is 544. The molecule has 20 heavy (non-hydrogen) atoms. The summed E-state index contributed by atoms with van der Waals surface area (Å²) in [6, 6.07) is 7.39. The van der Waals surface area contributed by atoms with E-state index >= 15 is 0 Å². The van der Waals surface area contributed by atoms with Gasteiger partial charge in [-0.2, -0.15) is 0 Å². The first kappa shape index (κ1) is 15.1. The molecule has 1 aromatic carbocycles. The highest BCUT2D eigenvalue weighted by molar-refractivity contribution is 7.92. The average Bonchev–Trinajstić information content (AvgIpc) is 2.92. The van der Waals surface area contributed by atoms with Crippen molar-refractivity contribution in [3.05, 3.63) is 35.9 Å². The largest absolute Gasteiger partial charge is 0.302 e.